The summed E-state index contributed by atoms with van der Waals surface area (Å²) in [7, 11) is 1.56. The molecule has 0 fully saturated rings. The molecule has 0 saturated heterocycles. The predicted molar refractivity (Wildman–Crippen MR) is 108 cm³/mol. The fraction of sp³-hybridized carbons (Fsp3) is 0.150. The van der Waals surface area contributed by atoms with Gasteiger partial charge in [-0.25, -0.2) is 0 Å². The maximum atomic E-state index is 12.0. The lowest BCUT2D eigenvalue weighted by Crippen LogP contribution is -2.50. The molecule has 9 heteroatoms. The highest BCUT2D eigenvalue weighted by Crippen LogP contribution is 2.21. The van der Waals surface area contributed by atoms with E-state index in [0.717, 1.165) is 5.56 Å². The van der Waals surface area contributed by atoms with Crippen molar-refractivity contribution in [1.29, 1.82) is 0 Å². The van der Waals surface area contributed by atoms with E-state index in [0.29, 0.717) is 5.75 Å². The number of methoxy groups -OCH3 is 1. The van der Waals surface area contributed by atoms with Gasteiger partial charge in [-0.05, 0) is 48.9 Å². The molecule has 2 aromatic rings. The van der Waals surface area contributed by atoms with Crippen LogP contribution in [0.2, 0.25) is 5.02 Å². The normalized spacial score (nSPS) is 11.6. The highest BCUT2D eigenvalue weighted by atomic mass is 35.5. The SMILES string of the molecule is COc1ccc(/C=C/C(=O)NC(C)C(=O)NNC(=O)c2cc(Cl)ccc2O)cc1. The number of hydrogen-bond donors (Lipinski definition) is 4. The van der Waals surface area contributed by atoms with E-state index in [4.69, 9.17) is 16.3 Å². The third-order valence-corrected chi connectivity index (χ3v) is 4.03. The Labute approximate surface area is 172 Å². The molecule has 0 bridgehead atoms. The molecule has 0 heterocycles. The summed E-state index contributed by atoms with van der Waals surface area (Å²) < 4.78 is 5.06. The van der Waals surface area contributed by atoms with Crippen molar-refractivity contribution in [1.82, 2.24) is 16.2 Å². The third-order valence-electron chi connectivity index (χ3n) is 3.80. The molecule has 152 valence electrons. The second kappa shape index (κ2) is 10.1. The zero-order valence-corrected chi connectivity index (χ0v) is 16.5. The van der Waals surface area contributed by atoms with E-state index in [9.17, 15) is 19.5 Å². The van der Waals surface area contributed by atoms with Gasteiger partial charge in [0.1, 0.15) is 17.5 Å². The summed E-state index contributed by atoms with van der Waals surface area (Å²) in [6.07, 6.45) is 2.87. The van der Waals surface area contributed by atoms with E-state index in [2.05, 4.69) is 16.2 Å². The zero-order chi connectivity index (χ0) is 21.4. The van der Waals surface area contributed by atoms with Crippen LogP contribution in [0, 0.1) is 0 Å². The minimum atomic E-state index is -0.920. The molecular weight excluding hydrogens is 398 g/mol. The van der Waals surface area contributed by atoms with Crippen LogP contribution in [0.25, 0.3) is 6.08 Å². The summed E-state index contributed by atoms with van der Waals surface area (Å²) in [5.41, 5.74) is 5.01. The molecule has 0 aliphatic heterocycles. The smallest absolute Gasteiger partial charge is 0.273 e. The maximum Gasteiger partial charge on any atom is 0.273 e. The molecule has 1 unspecified atom stereocenters. The molecule has 0 aliphatic rings. The van der Waals surface area contributed by atoms with Crippen molar-refractivity contribution < 1.29 is 24.2 Å². The molecule has 0 aliphatic carbocycles. The van der Waals surface area contributed by atoms with Crippen LogP contribution in [0.5, 0.6) is 11.5 Å². The molecule has 8 nitrogen and oxygen atoms in total. The first-order valence-electron chi connectivity index (χ1n) is 8.51. The number of phenolic OH excluding ortho intramolecular Hbond substituents is 1. The van der Waals surface area contributed by atoms with Crippen LogP contribution in [-0.4, -0.2) is 36.0 Å². The Morgan fingerprint density at radius 1 is 1.10 bits per heavy atom. The molecular formula is C20H20ClN3O5. The number of halogens is 1. The second-order valence-electron chi connectivity index (χ2n) is 5.94. The zero-order valence-electron chi connectivity index (χ0n) is 15.7. The van der Waals surface area contributed by atoms with E-state index >= 15 is 0 Å². The van der Waals surface area contributed by atoms with Gasteiger partial charge in [-0.3, -0.25) is 25.2 Å². The lowest BCUT2D eigenvalue weighted by atomic mass is 10.2. The van der Waals surface area contributed by atoms with Crippen LogP contribution in [0.1, 0.15) is 22.8 Å². The molecule has 0 saturated carbocycles. The van der Waals surface area contributed by atoms with Crippen LogP contribution in [-0.2, 0) is 9.59 Å². The lowest BCUT2D eigenvalue weighted by molar-refractivity contribution is -0.127. The van der Waals surface area contributed by atoms with Gasteiger partial charge in [0.25, 0.3) is 11.8 Å². The van der Waals surface area contributed by atoms with Crippen molar-refractivity contribution in [3.05, 3.63) is 64.7 Å². The van der Waals surface area contributed by atoms with Crippen LogP contribution >= 0.6 is 11.6 Å². The summed E-state index contributed by atoms with van der Waals surface area (Å²) in [5.74, 6) is -1.47. The molecule has 4 N–H and O–H groups in total. The topological polar surface area (TPSA) is 117 Å². The van der Waals surface area contributed by atoms with E-state index in [1.165, 1.54) is 31.2 Å². The Hall–Kier alpha value is -3.52. The number of benzene rings is 2. The van der Waals surface area contributed by atoms with Crippen LogP contribution in [0.4, 0.5) is 0 Å². The Bertz CT molecular complexity index is 928. The number of carbonyl (C=O) groups excluding carboxylic acids is 3. The fourth-order valence-corrected chi connectivity index (χ4v) is 2.37. The molecule has 29 heavy (non-hydrogen) atoms. The Morgan fingerprint density at radius 2 is 1.79 bits per heavy atom. The van der Waals surface area contributed by atoms with Crippen LogP contribution in [0.15, 0.2) is 48.5 Å². The number of phenols is 1. The highest BCUT2D eigenvalue weighted by molar-refractivity contribution is 6.31. The Morgan fingerprint density at radius 3 is 2.45 bits per heavy atom. The third kappa shape index (κ3) is 6.54. The summed E-state index contributed by atoms with van der Waals surface area (Å²) in [4.78, 5) is 36.0. The minimum absolute atomic E-state index is 0.100. The molecule has 0 aromatic heterocycles. The van der Waals surface area contributed by atoms with E-state index in [1.807, 2.05) is 0 Å². The highest BCUT2D eigenvalue weighted by Gasteiger charge is 2.17. The minimum Gasteiger partial charge on any atom is -0.507 e. The average molecular weight is 418 g/mol. The largest absolute Gasteiger partial charge is 0.507 e. The van der Waals surface area contributed by atoms with E-state index in [-0.39, 0.29) is 16.3 Å². The van der Waals surface area contributed by atoms with Crippen molar-refractivity contribution in [2.45, 2.75) is 13.0 Å². The molecule has 3 amide bonds. The second-order valence-corrected chi connectivity index (χ2v) is 6.38. The van der Waals surface area contributed by atoms with E-state index in [1.54, 1.807) is 37.5 Å². The van der Waals surface area contributed by atoms with Gasteiger partial charge in [0.2, 0.25) is 5.91 Å². The van der Waals surface area contributed by atoms with Gasteiger partial charge < -0.3 is 15.2 Å². The summed E-state index contributed by atoms with van der Waals surface area (Å²) in [6, 6.07) is 10.1. The molecule has 0 spiro atoms. The molecule has 2 rings (SSSR count). The first kappa shape index (κ1) is 21.8. The molecule has 2 aromatic carbocycles. The summed E-state index contributed by atoms with van der Waals surface area (Å²) >= 11 is 5.78. The number of aromatic hydroxyl groups is 1. The number of carbonyl (C=O) groups is 3. The van der Waals surface area contributed by atoms with Crippen molar-refractivity contribution in [2.75, 3.05) is 7.11 Å². The van der Waals surface area contributed by atoms with Crippen molar-refractivity contribution >= 4 is 35.4 Å². The number of amides is 3. The van der Waals surface area contributed by atoms with Crippen molar-refractivity contribution in [2.24, 2.45) is 0 Å². The monoisotopic (exact) mass is 417 g/mol. The number of ether oxygens (including phenoxy) is 1. The van der Waals surface area contributed by atoms with Crippen LogP contribution < -0.4 is 20.9 Å². The van der Waals surface area contributed by atoms with E-state index < -0.39 is 23.8 Å². The van der Waals surface area contributed by atoms with Crippen LogP contribution in [0.3, 0.4) is 0 Å². The Balaban J connectivity index is 1.84. The number of hydrogen-bond acceptors (Lipinski definition) is 5. The average Bonchev–Trinajstić information content (AvgIpc) is 2.72. The number of hydrazine groups is 1. The van der Waals surface area contributed by atoms with Gasteiger partial charge in [0.05, 0.1) is 12.7 Å². The van der Waals surface area contributed by atoms with Gasteiger partial charge in [-0.15, -0.1) is 0 Å². The number of rotatable bonds is 6. The maximum absolute atomic E-state index is 12.0. The van der Waals surface area contributed by atoms with Gasteiger partial charge in [-0.1, -0.05) is 23.7 Å². The van der Waals surface area contributed by atoms with Gasteiger partial charge in [-0.2, -0.15) is 0 Å². The van der Waals surface area contributed by atoms with Gasteiger partial charge in [0, 0.05) is 11.1 Å². The Kier molecular flexibility index (Phi) is 7.62. The fourth-order valence-electron chi connectivity index (χ4n) is 2.20. The van der Waals surface area contributed by atoms with Gasteiger partial charge >= 0.3 is 0 Å². The van der Waals surface area contributed by atoms with Crippen molar-refractivity contribution in [3.63, 3.8) is 0 Å². The first-order valence-corrected chi connectivity index (χ1v) is 8.89. The summed E-state index contributed by atoms with van der Waals surface area (Å²) in [5, 5.41) is 12.4. The quantitative estimate of drug-likeness (QED) is 0.424. The standard InChI is InChI=1S/C20H20ClN3O5/c1-12(22-18(26)10-5-13-3-7-15(29-2)8-4-13)19(27)23-24-20(28)16-11-14(21)6-9-17(16)25/h3-12,25H,1-2H3,(H,22,26)(H,23,27)(H,24,28)/b10-5+. The summed E-state index contributed by atoms with van der Waals surface area (Å²) in [6.45, 7) is 1.46. The molecule has 1 atom stereocenters. The van der Waals surface area contributed by atoms with Crippen molar-refractivity contribution in [3.8, 4) is 11.5 Å². The molecule has 0 radical (unpaired) electrons. The lowest BCUT2D eigenvalue weighted by Gasteiger charge is -2.14. The van der Waals surface area contributed by atoms with Gasteiger partial charge in [0.15, 0.2) is 0 Å². The predicted octanol–water partition coefficient (Wildman–Crippen LogP) is 2.03. The number of nitrogens with one attached hydrogen (secondary N) is 3. The first-order chi connectivity index (χ1) is 13.8.